The van der Waals surface area contributed by atoms with Gasteiger partial charge in [-0.3, -0.25) is 4.98 Å². The molecule has 0 aliphatic heterocycles. The zero-order valence-corrected chi connectivity index (χ0v) is 17.9. The second kappa shape index (κ2) is 8.79. The summed E-state index contributed by atoms with van der Waals surface area (Å²) in [6, 6.07) is 22.1. The highest BCUT2D eigenvalue weighted by Crippen LogP contribution is 2.25. The number of hydrogen-bond acceptors (Lipinski definition) is 5. The van der Waals surface area contributed by atoms with E-state index in [1.807, 2.05) is 53.9 Å². The van der Waals surface area contributed by atoms with E-state index in [4.69, 9.17) is 4.74 Å². The smallest absolute Gasteiger partial charge is 0.240 e. The lowest BCUT2D eigenvalue weighted by Crippen LogP contribution is -2.23. The molecule has 0 fully saturated rings. The van der Waals surface area contributed by atoms with E-state index in [2.05, 4.69) is 9.71 Å². The van der Waals surface area contributed by atoms with Crippen LogP contribution >= 0.6 is 11.3 Å². The van der Waals surface area contributed by atoms with Gasteiger partial charge in [0, 0.05) is 12.7 Å². The maximum atomic E-state index is 12.7. The number of nitrogens with one attached hydrogen (secondary N) is 1. The summed E-state index contributed by atoms with van der Waals surface area (Å²) >= 11 is 1.60. The molecule has 0 radical (unpaired) electrons. The van der Waals surface area contributed by atoms with Crippen LogP contribution in [0.25, 0.3) is 21.7 Å². The monoisotopic (exact) mass is 436 g/mol. The Bertz CT molecular complexity index is 1220. The number of aromatic nitrogens is 1. The van der Waals surface area contributed by atoms with Crippen LogP contribution in [0.15, 0.2) is 89.3 Å². The van der Waals surface area contributed by atoms with Gasteiger partial charge in [0.25, 0.3) is 0 Å². The van der Waals surface area contributed by atoms with Crippen molar-refractivity contribution in [1.82, 2.24) is 9.71 Å². The number of hydrogen-bond donors (Lipinski definition) is 1. The molecule has 0 bridgehead atoms. The van der Waals surface area contributed by atoms with Gasteiger partial charge < -0.3 is 4.74 Å². The van der Waals surface area contributed by atoms with E-state index in [-0.39, 0.29) is 11.4 Å². The third-order valence-electron chi connectivity index (χ3n) is 4.65. The Morgan fingerprint density at radius 2 is 1.67 bits per heavy atom. The Kier molecular flexibility index (Phi) is 5.94. The van der Waals surface area contributed by atoms with Crippen LogP contribution in [0.2, 0.25) is 0 Å². The fourth-order valence-electron chi connectivity index (χ4n) is 3.01. The van der Waals surface area contributed by atoms with Crippen LogP contribution in [0, 0.1) is 0 Å². The molecule has 0 unspecified atom stereocenters. The average Bonchev–Trinajstić information content (AvgIpc) is 3.33. The van der Waals surface area contributed by atoms with Crippen molar-refractivity contribution in [2.24, 2.45) is 0 Å². The lowest BCUT2D eigenvalue weighted by atomic mass is 10.1. The lowest BCUT2D eigenvalue weighted by Gasteiger charge is -2.09. The number of methoxy groups -OCH3 is 1. The van der Waals surface area contributed by atoms with E-state index in [0.29, 0.717) is 0 Å². The molecule has 0 saturated carbocycles. The summed E-state index contributed by atoms with van der Waals surface area (Å²) in [4.78, 5) is 5.64. The minimum absolute atomic E-state index is 0.198. The average molecular weight is 437 g/mol. The predicted molar refractivity (Wildman–Crippen MR) is 120 cm³/mol. The third-order valence-corrected chi connectivity index (χ3v) is 6.96. The van der Waals surface area contributed by atoms with Gasteiger partial charge in [-0.25, -0.2) is 13.1 Å². The fraction of sp³-hybridized carbons (Fsp3) is 0.0870. The van der Waals surface area contributed by atoms with Gasteiger partial charge in [-0.15, -0.1) is 11.3 Å². The first-order valence-electron chi connectivity index (χ1n) is 9.28. The van der Waals surface area contributed by atoms with Crippen molar-refractivity contribution in [3.8, 4) is 27.4 Å². The molecule has 0 spiro atoms. The second-order valence-electron chi connectivity index (χ2n) is 6.60. The topological polar surface area (TPSA) is 68.3 Å². The first kappa shape index (κ1) is 20.3. The molecule has 30 heavy (non-hydrogen) atoms. The number of rotatable bonds is 7. The molecule has 4 aromatic rings. The van der Waals surface area contributed by atoms with Crippen LogP contribution in [-0.4, -0.2) is 20.5 Å². The van der Waals surface area contributed by atoms with Crippen LogP contribution in [-0.2, 0) is 16.6 Å². The molecule has 0 aliphatic carbocycles. The summed E-state index contributed by atoms with van der Waals surface area (Å²) in [7, 11) is -2.00. The van der Waals surface area contributed by atoms with Gasteiger partial charge in [0.1, 0.15) is 5.75 Å². The van der Waals surface area contributed by atoms with Gasteiger partial charge in [0.05, 0.1) is 22.6 Å². The number of benzene rings is 2. The van der Waals surface area contributed by atoms with Crippen molar-refractivity contribution in [1.29, 1.82) is 0 Å². The van der Waals surface area contributed by atoms with Crippen LogP contribution < -0.4 is 9.46 Å². The largest absolute Gasteiger partial charge is 0.497 e. The van der Waals surface area contributed by atoms with Crippen molar-refractivity contribution >= 4 is 21.4 Å². The Hall–Kier alpha value is -3.00. The standard InChI is InChI=1S/C23H20N2O3S2/c1-28-20-8-4-18(5-9-20)19-6-10-21(11-7-19)30(26,27)25-16-17-12-13-24-22(15-17)23-3-2-14-29-23/h2-15,25H,16H2,1H3. The molecule has 2 heterocycles. The maximum Gasteiger partial charge on any atom is 0.240 e. The Morgan fingerprint density at radius 1 is 0.967 bits per heavy atom. The number of ether oxygens (including phenoxy) is 1. The van der Waals surface area contributed by atoms with E-state index in [1.54, 1.807) is 48.9 Å². The van der Waals surface area contributed by atoms with Crippen LogP contribution in [0.4, 0.5) is 0 Å². The van der Waals surface area contributed by atoms with Crippen molar-refractivity contribution in [3.05, 3.63) is 89.9 Å². The number of sulfonamides is 1. The summed E-state index contributed by atoms with van der Waals surface area (Å²) in [5, 5.41) is 1.99. The van der Waals surface area contributed by atoms with Crippen molar-refractivity contribution in [2.75, 3.05) is 7.11 Å². The molecule has 4 rings (SSSR count). The number of nitrogens with zero attached hydrogens (tertiary/aromatic N) is 1. The zero-order chi connectivity index (χ0) is 21.0. The van der Waals surface area contributed by atoms with Gasteiger partial charge in [0.15, 0.2) is 0 Å². The molecule has 152 valence electrons. The van der Waals surface area contributed by atoms with Crippen LogP contribution in [0.5, 0.6) is 5.75 Å². The van der Waals surface area contributed by atoms with Crippen LogP contribution in [0.3, 0.4) is 0 Å². The minimum Gasteiger partial charge on any atom is -0.497 e. The Labute approximate surface area is 180 Å². The van der Waals surface area contributed by atoms with Gasteiger partial charge in [0.2, 0.25) is 10.0 Å². The highest BCUT2D eigenvalue weighted by atomic mass is 32.2. The van der Waals surface area contributed by atoms with E-state index in [9.17, 15) is 8.42 Å². The van der Waals surface area contributed by atoms with E-state index in [1.165, 1.54) is 0 Å². The molecule has 0 amide bonds. The van der Waals surface area contributed by atoms with Crippen molar-refractivity contribution < 1.29 is 13.2 Å². The molecule has 7 heteroatoms. The van der Waals surface area contributed by atoms with Gasteiger partial charge >= 0.3 is 0 Å². The number of thiophene rings is 1. The highest BCUT2D eigenvalue weighted by molar-refractivity contribution is 7.89. The molecular formula is C23H20N2O3S2. The molecule has 5 nitrogen and oxygen atoms in total. The van der Waals surface area contributed by atoms with E-state index in [0.717, 1.165) is 33.0 Å². The maximum absolute atomic E-state index is 12.7. The summed E-state index contributed by atoms with van der Waals surface area (Å²) in [5.41, 5.74) is 3.62. The molecule has 1 N–H and O–H groups in total. The SMILES string of the molecule is COc1ccc(-c2ccc(S(=O)(=O)NCc3ccnc(-c4cccs4)c3)cc2)cc1. The molecule has 2 aromatic carbocycles. The molecule has 2 aromatic heterocycles. The normalized spacial score (nSPS) is 11.4. The Balaban J connectivity index is 1.46. The van der Waals surface area contributed by atoms with Crippen molar-refractivity contribution in [2.45, 2.75) is 11.4 Å². The molecule has 0 saturated heterocycles. The van der Waals surface area contributed by atoms with Gasteiger partial charge in [-0.2, -0.15) is 0 Å². The number of pyridine rings is 1. The summed E-state index contributed by atoms with van der Waals surface area (Å²) in [6.07, 6.45) is 1.70. The molecule has 0 atom stereocenters. The predicted octanol–water partition coefficient (Wildman–Crippen LogP) is 4.96. The van der Waals surface area contributed by atoms with Gasteiger partial charge in [-0.05, 0) is 64.5 Å². The van der Waals surface area contributed by atoms with Crippen LogP contribution in [0.1, 0.15) is 5.56 Å². The minimum atomic E-state index is -3.62. The summed E-state index contributed by atoms with van der Waals surface area (Å²) in [6.45, 7) is 0.198. The summed E-state index contributed by atoms with van der Waals surface area (Å²) in [5.74, 6) is 0.778. The van der Waals surface area contributed by atoms with Crippen molar-refractivity contribution in [3.63, 3.8) is 0 Å². The molecular weight excluding hydrogens is 416 g/mol. The van der Waals surface area contributed by atoms with E-state index < -0.39 is 10.0 Å². The second-order valence-corrected chi connectivity index (χ2v) is 9.32. The summed E-state index contributed by atoms with van der Waals surface area (Å²) < 4.78 is 33.3. The third kappa shape index (κ3) is 4.59. The first-order valence-corrected chi connectivity index (χ1v) is 11.6. The highest BCUT2D eigenvalue weighted by Gasteiger charge is 2.14. The first-order chi connectivity index (χ1) is 14.5. The fourth-order valence-corrected chi connectivity index (χ4v) is 4.73. The molecule has 0 aliphatic rings. The zero-order valence-electron chi connectivity index (χ0n) is 16.3. The lowest BCUT2D eigenvalue weighted by molar-refractivity contribution is 0.415. The quantitative estimate of drug-likeness (QED) is 0.444. The Morgan fingerprint density at radius 3 is 2.30 bits per heavy atom. The van der Waals surface area contributed by atoms with E-state index >= 15 is 0 Å². The van der Waals surface area contributed by atoms with Gasteiger partial charge in [-0.1, -0.05) is 30.3 Å².